The maximum atomic E-state index is 14.9. The van der Waals surface area contributed by atoms with E-state index in [2.05, 4.69) is 9.71 Å². The maximum Gasteiger partial charge on any atom is 0.416 e. The summed E-state index contributed by atoms with van der Waals surface area (Å²) in [5.41, 5.74) is 0.0711. The van der Waals surface area contributed by atoms with E-state index >= 15 is 0 Å². The number of ether oxygens (including phenoxy) is 2. The monoisotopic (exact) mass is 480 g/mol. The van der Waals surface area contributed by atoms with E-state index in [1.54, 1.807) is 6.92 Å². The first-order valence-electron chi connectivity index (χ1n) is 9.56. The molecule has 4 rings (SSSR count). The minimum absolute atomic E-state index is 0.0304. The highest BCUT2D eigenvalue weighted by molar-refractivity contribution is 7.90. The van der Waals surface area contributed by atoms with Gasteiger partial charge in [-0.1, -0.05) is 12.1 Å². The van der Waals surface area contributed by atoms with E-state index in [-0.39, 0.29) is 35.4 Å². The molecule has 10 nitrogen and oxygen atoms in total. The second-order valence-electron chi connectivity index (χ2n) is 6.98. The molecule has 2 N–H and O–H groups in total. The van der Waals surface area contributed by atoms with Gasteiger partial charge in [-0.3, -0.25) is 9.62 Å². The van der Waals surface area contributed by atoms with E-state index in [4.69, 9.17) is 13.9 Å². The van der Waals surface area contributed by atoms with Crippen molar-refractivity contribution in [2.75, 3.05) is 11.8 Å². The Morgan fingerprint density at radius 2 is 2.06 bits per heavy atom. The van der Waals surface area contributed by atoms with Gasteiger partial charge in [-0.05, 0) is 19.1 Å². The van der Waals surface area contributed by atoms with Gasteiger partial charge in [0, 0.05) is 24.2 Å². The van der Waals surface area contributed by atoms with Crippen LogP contribution in [-0.2, 0) is 16.8 Å². The minimum atomic E-state index is -3.94. The average molecular weight is 480 g/mol. The molecule has 1 amide bonds. The largest absolute Gasteiger partial charge is 0.417 e. The smallest absolute Gasteiger partial charge is 0.416 e. The van der Waals surface area contributed by atoms with Gasteiger partial charge in [0.1, 0.15) is 12.0 Å². The number of anilines is 1. The Hall–Kier alpha value is -3.71. The third-order valence-corrected chi connectivity index (χ3v) is 5.98. The number of benzene rings is 2. The SMILES string of the molecule is CNS(=O)(=O)Nc1cccc(CN2C(=O)Oc3cc(Oc4ncco4)c(F)cc3[C@@H]2C)c1F. The molecule has 0 saturated heterocycles. The van der Waals surface area contributed by atoms with Gasteiger partial charge in [0.05, 0.1) is 24.5 Å². The fraction of sp³-hybridized carbons (Fsp3) is 0.200. The highest BCUT2D eigenvalue weighted by Gasteiger charge is 2.34. The van der Waals surface area contributed by atoms with Crippen LogP contribution in [0, 0.1) is 11.6 Å². The van der Waals surface area contributed by atoms with Gasteiger partial charge in [0.2, 0.25) is 0 Å². The van der Waals surface area contributed by atoms with Crippen molar-refractivity contribution in [3.05, 3.63) is 65.6 Å². The van der Waals surface area contributed by atoms with Gasteiger partial charge >= 0.3 is 12.2 Å². The van der Waals surface area contributed by atoms with E-state index in [0.29, 0.717) is 5.56 Å². The predicted octanol–water partition coefficient (Wildman–Crippen LogP) is 3.70. The summed E-state index contributed by atoms with van der Waals surface area (Å²) in [7, 11) is -2.77. The number of nitrogens with one attached hydrogen (secondary N) is 2. The summed E-state index contributed by atoms with van der Waals surface area (Å²) < 4.78 is 72.5. The molecule has 1 aliphatic rings. The van der Waals surface area contributed by atoms with Gasteiger partial charge in [-0.25, -0.2) is 18.3 Å². The Kier molecular flexibility index (Phi) is 5.91. The molecule has 0 spiro atoms. The number of oxazole rings is 1. The molecule has 3 aromatic rings. The fourth-order valence-electron chi connectivity index (χ4n) is 3.24. The molecule has 174 valence electrons. The molecular formula is C20H18F2N4O6S. The van der Waals surface area contributed by atoms with Crippen molar-refractivity contribution in [2.24, 2.45) is 0 Å². The Balaban J connectivity index is 1.60. The molecule has 0 fully saturated rings. The average Bonchev–Trinajstić information content (AvgIpc) is 3.28. The summed E-state index contributed by atoms with van der Waals surface area (Å²) in [5.74, 6) is -1.78. The zero-order chi connectivity index (χ0) is 23.8. The van der Waals surface area contributed by atoms with Crippen LogP contribution in [0.2, 0.25) is 0 Å². The summed E-state index contributed by atoms with van der Waals surface area (Å²) in [6.45, 7) is 1.37. The molecule has 2 heterocycles. The molecule has 2 aromatic carbocycles. The molecule has 0 unspecified atom stereocenters. The first kappa shape index (κ1) is 22.5. The van der Waals surface area contributed by atoms with Gasteiger partial charge < -0.3 is 13.9 Å². The topological polar surface area (TPSA) is 123 Å². The normalized spacial score (nSPS) is 15.7. The van der Waals surface area contributed by atoms with Crippen molar-refractivity contribution >= 4 is 22.0 Å². The Labute approximate surface area is 187 Å². The summed E-state index contributed by atoms with van der Waals surface area (Å²) in [6.07, 6.45) is 1.59. The van der Waals surface area contributed by atoms with Crippen molar-refractivity contribution in [3.8, 4) is 17.6 Å². The molecule has 1 atom stereocenters. The quantitative estimate of drug-likeness (QED) is 0.529. The second kappa shape index (κ2) is 8.67. The summed E-state index contributed by atoms with van der Waals surface area (Å²) >= 11 is 0. The zero-order valence-corrected chi connectivity index (χ0v) is 18.2. The molecule has 0 radical (unpaired) electrons. The number of fused-ring (bicyclic) bond motifs is 1. The predicted molar refractivity (Wildman–Crippen MR) is 111 cm³/mol. The lowest BCUT2D eigenvalue weighted by molar-refractivity contribution is 0.116. The highest BCUT2D eigenvalue weighted by atomic mass is 32.2. The molecule has 13 heteroatoms. The van der Waals surface area contributed by atoms with Crippen molar-refractivity contribution in [1.82, 2.24) is 14.6 Å². The number of aromatic nitrogens is 1. The molecule has 1 aromatic heterocycles. The molecule has 1 aliphatic heterocycles. The van der Waals surface area contributed by atoms with E-state index < -0.39 is 34.0 Å². The highest BCUT2D eigenvalue weighted by Crippen LogP contribution is 2.40. The third kappa shape index (κ3) is 4.59. The van der Waals surface area contributed by atoms with Gasteiger partial charge in [0.15, 0.2) is 17.4 Å². The first-order chi connectivity index (χ1) is 15.7. The van der Waals surface area contributed by atoms with Crippen LogP contribution >= 0.6 is 0 Å². The van der Waals surface area contributed by atoms with Gasteiger partial charge in [0.25, 0.3) is 10.2 Å². The van der Waals surface area contributed by atoms with Crippen LogP contribution in [0.3, 0.4) is 0 Å². The standard InChI is InChI=1S/C20H18F2N4O6S/c1-11-13-8-14(21)17(31-19-24-6-7-30-19)9-16(13)32-20(27)26(11)10-12-4-3-5-15(18(12)22)25-33(28,29)23-2/h3-9,11,23,25H,10H2,1-2H3/t11-/m0/s1. The van der Waals surface area contributed by atoms with Gasteiger partial charge in [-0.15, -0.1) is 0 Å². The number of rotatable bonds is 7. The lowest BCUT2D eigenvalue weighted by Gasteiger charge is -2.34. The van der Waals surface area contributed by atoms with E-state index in [1.807, 2.05) is 4.72 Å². The van der Waals surface area contributed by atoms with Crippen LogP contribution in [0.25, 0.3) is 0 Å². The number of carbonyl (C=O) groups is 1. The number of hydrogen-bond donors (Lipinski definition) is 2. The van der Waals surface area contributed by atoms with Crippen molar-refractivity contribution < 1.29 is 35.9 Å². The first-order valence-corrected chi connectivity index (χ1v) is 11.0. The summed E-state index contributed by atoms with van der Waals surface area (Å²) in [4.78, 5) is 17.6. The fourth-order valence-corrected chi connectivity index (χ4v) is 3.79. The van der Waals surface area contributed by atoms with Crippen molar-refractivity contribution in [1.29, 1.82) is 0 Å². The minimum Gasteiger partial charge on any atom is -0.417 e. The second-order valence-corrected chi connectivity index (χ2v) is 8.60. The molecular weight excluding hydrogens is 462 g/mol. The lowest BCUT2D eigenvalue weighted by atomic mass is 10.0. The Bertz CT molecular complexity index is 1300. The number of halogens is 2. The van der Waals surface area contributed by atoms with Crippen molar-refractivity contribution in [3.63, 3.8) is 0 Å². The summed E-state index contributed by atoms with van der Waals surface area (Å²) in [6, 6.07) is 5.73. The van der Waals surface area contributed by atoms with Crippen LogP contribution in [0.15, 0.2) is 47.2 Å². The lowest BCUT2D eigenvalue weighted by Crippen LogP contribution is -2.39. The number of carbonyl (C=O) groups excluding carboxylic acids is 1. The van der Waals surface area contributed by atoms with E-state index in [0.717, 1.165) is 6.07 Å². The van der Waals surface area contributed by atoms with Crippen LogP contribution < -0.4 is 18.9 Å². The number of nitrogens with zero attached hydrogens (tertiary/aromatic N) is 2. The van der Waals surface area contributed by atoms with Crippen LogP contribution in [0.4, 0.5) is 19.3 Å². The van der Waals surface area contributed by atoms with Crippen LogP contribution in [0.1, 0.15) is 24.1 Å². The Morgan fingerprint density at radius 1 is 1.27 bits per heavy atom. The third-order valence-electron chi connectivity index (χ3n) is 4.95. The van der Waals surface area contributed by atoms with Crippen molar-refractivity contribution in [2.45, 2.75) is 19.5 Å². The van der Waals surface area contributed by atoms with Crippen LogP contribution in [-0.4, -0.2) is 31.4 Å². The number of hydrogen-bond acceptors (Lipinski definition) is 7. The van der Waals surface area contributed by atoms with E-state index in [1.165, 1.54) is 48.7 Å². The molecule has 0 saturated carbocycles. The Morgan fingerprint density at radius 3 is 2.76 bits per heavy atom. The van der Waals surface area contributed by atoms with E-state index in [9.17, 15) is 22.0 Å². The van der Waals surface area contributed by atoms with Crippen LogP contribution in [0.5, 0.6) is 17.6 Å². The molecule has 0 aliphatic carbocycles. The maximum absolute atomic E-state index is 14.9. The number of amides is 1. The molecule has 33 heavy (non-hydrogen) atoms. The zero-order valence-electron chi connectivity index (χ0n) is 17.3. The summed E-state index contributed by atoms with van der Waals surface area (Å²) in [5, 5.41) is 0. The van der Waals surface area contributed by atoms with Gasteiger partial charge in [-0.2, -0.15) is 13.4 Å². The molecule has 0 bridgehead atoms.